The van der Waals surface area contributed by atoms with Gasteiger partial charge >= 0.3 is 0 Å². The van der Waals surface area contributed by atoms with Crippen LogP contribution in [0.25, 0.3) is 6.08 Å². The number of hydrogen-bond donors (Lipinski definition) is 0. The monoisotopic (exact) mass is 410 g/mol. The zero-order chi connectivity index (χ0) is 20.3. The summed E-state index contributed by atoms with van der Waals surface area (Å²) in [6.45, 7) is 5.46. The molecule has 3 rings (SSSR count). The van der Waals surface area contributed by atoms with Crippen molar-refractivity contribution >= 4 is 51.5 Å². The fraction of sp³-hybridized carbons (Fsp3) is 0.136. The molecule has 0 saturated heterocycles. The van der Waals surface area contributed by atoms with Gasteiger partial charge in [-0.15, -0.1) is 11.3 Å². The number of carbonyl (C=O) groups is 2. The number of ketones is 1. The summed E-state index contributed by atoms with van der Waals surface area (Å²) < 4.78 is 0. The Hall–Kier alpha value is -2.76. The van der Waals surface area contributed by atoms with Crippen LogP contribution < -0.4 is 4.90 Å². The number of halogens is 1. The van der Waals surface area contributed by atoms with Crippen LogP contribution in [0.5, 0.6) is 0 Å². The van der Waals surface area contributed by atoms with Crippen LogP contribution in [-0.4, -0.2) is 16.7 Å². The normalized spacial score (nSPS) is 11.0. The largest absolute Gasteiger partial charge is 0.289 e. The van der Waals surface area contributed by atoms with E-state index in [1.165, 1.54) is 24.3 Å². The van der Waals surface area contributed by atoms with E-state index in [1.807, 2.05) is 37.4 Å². The molecular weight excluding hydrogens is 392 g/mol. The highest BCUT2D eigenvalue weighted by Gasteiger charge is 2.21. The van der Waals surface area contributed by atoms with Crippen LogP contribution in [0, 0.1) is 13.8 Å². The molecule has 1 heterocycles. The molecule has 0 atom stereocenters. The quantitative estimate of drug-likeness (QED) is 0.383. The molecule has 0 spiro atoms. The van der Waals surface area contributed by atoms with E-state index in [-0.39, 0.29) is 11.7 Å². The third kappa shape index (κ3) is 4.38. The molecule has 2 aromatic carbocycles. The Labute approximate surface area is 173 Å². The van der Waals surface area contributed by atoms with Crippen LogP contribution in [0.3, 0.4) is 0 Å². The second-order valence-electron chi connectivity index (χ2n) is 6.36. The van der Waals surface area contributed by atoms with Crippen LogP contribution in [0.15, 0.2) is 53.9 Å². The Kier molecular flexibility index (Phi) is 6.07. The van der Waals surface area contributed by atoms with E-state index in [0.717, 1.165) is 16.8 Å². The molecule has 0 aliphatic rings. The second kappa shape index (κ2) is 8.50. The summed E-state index contributed by atoms with van der Waals surface area (Å²) in [6.07, 6.45) is 3.11. The number of allylic oxidation sites excluding steroid dienone is 1. The van der Waals surface area contributed by atoms with Crippen LogP contribution in [-0.2, 0) is 4.79 Å². The number of carbonyl (C=O) groups excluding carboxylic acids is 2. The first kappa shape index (κ1) is 20.0. The zero-order valence-corrected chi connectivity index (χ0v) is 17.3. The van der Waals surface area contributed by atoms with Gasteiger partial charge in [-0.25, -0.2) is 4.98 Å². The van der Waals surface area contributed by atoms with Crippen molar-refractivity contribution in [1.82, 2.24) is 4.98 Å². The topological polar surface area (TPSA) is 50.3 Å². The first-order valence-corrected chi connectivity index (χ1v) is 9.93. The number of nitrogens with zero attached hydrogens (tertiary/aromatic N) is 2. The lowest BCUT2D eigenvalue weighted by atomic mass is 10.1. The summed E-state index contributed by atoms with van der Waals surface area (Å²) in [6, 6.07) is 12.7. The number of benzene rings is 2. The number of para-hydroxylation sites is 1. The number of amides is 1. The molecule has 0 aliphatic carbocycles. The minimum Gasteiger partial charge on any atom is -0.289 e. The summed E-state index contributed by atoms with van der Waals surface area (Å²) in [7, 11) is 0. The molecule has 1 amide bonds. The van der Waals surface area contributed by atoms with Gasteiger partial charge in [-0.1, -0.05) is 41.9 Å². The molecule has 6 heteroatoms. The minimum absolute atomic E-state index is 0.114. The summed E-state index contributed by atoms with van der Waals surface area (Å²) in [4.78, 5) is 30.8. The van der Waals surface area contributed by atoms with Crippen molar-refractivity contribution in [2.75, 3.05) is 4.90 Å². The number of aryl methyl sites for hydroxylation is 2. The SMILES string of the molecule is CC(=O)N(c1nc(/C=C/C(=O)c2cccc(Cl)c2)cs1)c1c(C)cccc1C. The van der Waals surface area contributed by atoms with Gasteiger partial charge in [0.25, 0.3) is 0 Å². The molecule has 0 aliphatic heterocycles. The highest BCUT2D eigenvalue weighted by molar-refractivity contribution is 7.14. The average Bonchev–Trinajstić information content (AvgIpc) is 3.11. The van der Waals surface area contributed by atoms with Gasteiger partial charge in [-0.2, -0.15) is 0 Å². The molecule has 0 bridgehead atoms. The van der Waals surface area contributed by atoms with E-state index in [2.05, 4.69) is 4.98 Å². The van der Waals surface area contributed by atoms with Gasteiger partial charge in [0, 0.05) is 22.9 Å². The molecule has 28 heavy (non-hydrogen) atoms. The molecule has 0 unspecified atom stereocenters. The van der Waals surface area contributed by atoms with E-state index in [9.17, 15) is 9.59 Å². The Morgan fingerprint density at radius 1 is 1.11 bits per heavy atom. The first-order chi connectivity index (χ1) is 13.4. The minimum atomic E-state index is -0.157. The van der Waals surface area contributed by atoms with Crippen LogP contribution >= 0.6 is 22.9 Å². The molecule has 0 fully saturated rings. The number of thiazole rings is 1. The molecular formula is C22H19ClN2O2S. The molecule has 142 valence electrons. The number of anilines is 2. The summed E-state index contributed by atoms with van der Waals surface area (Å²) in [5.74, 6) is -0.271. The fourth-order valence-electron chi connectivity index (χ4n) is 2.90. The first-order valence-electron chi connectivity index (χ1n) is 8.67. The third-order valence-electron chi connectivity index (χ3n) is 4.19. The van der Waals surface area contributed by atoms with Crippen LogP contribution in [0.2, 0.25) is 5.02 Å². The number of rotatable bonds is 5. The van der Waals surface area contributed by atoms with Crippen molar-refractivity contribution < 1.29 is 9.59 Å². The number of hydrogen-bond acceptors (Lipinski definition) is 4. The van der Waals surface area contributed by atoms with Crippen molar-refractivity contribution in [3.8, 4) is 0 Å². The van der Waals surface area contributed by atoms with Crippen LogP contribution in [0.4, 0.5) is 10.8 Å². The third-order valence-corrected chi connectivity index (χ3v) is 5.27. The van der Waals surface area contributed by atoms with Gasteiger partial charge in [0.1, 0.15) is 0 Å². The Morgan fingerprint density at radius 3 is 2.43 bits per heavy atom. The maximum absolute atomic E-state index is 12.3. The molecule has 0 saturated carbocycles. The summed E-state index contributed by atoms with van der Waals surface area (Å²) >= 11 is 7.29. The lowest BCUT2D eigenvalue weighted by Gasteiger charge is -2.22. The van der Waals surface area contributed by atoms with Crippen molar-refractivity contribution in [3.63, 3.8) is 0 Å². The van der Waals surface area contributed by atoms with Gasteiger partial charge < -0.3 is 0 Å². The van der Waals surface area contributed by atoms with E-state index >= 15 is 0 Å². The van der Waals surface area contributed by atoms with E-state index < -0.39 is 0 Å². The molecule has 0 N–H and O–H groups in total. The second-order valence-corrected chi connectivity index (χ2v) is 7.63. The predicted molar refractivity (Wildman–Crippen MR) is 116 cm³/mol. The summed E-state index contributed by atoms with van der Waals surface area (Å²) in [5, 5.41) is 2.90. The fourth-order valence-corrected chi connectivity index (χ4v) is 3.93. The Bertz CT molecular complexity index is 1050. The van der Waals surface area contributed by atoms with E-state index in [0.29, 0.717) is 21.4 Å². The van der Waals surface area contributed by atoms with Crippen molar-refractivity contribution in [2.24, 2.45) is 0 Å². The van der Waals surface area contributed by atoms with Gasteiger partial charge in [0.15, 0.2) is 10.9 Å². The van der Waals surface area contributed by atoms with Gasteiger partial charge in [-0.05, 0) is 49.3 Å². The lowest BCUT2D eigenvalue weighted by Crippen LogP contribution is -2.24. The van der Waals surface area contributed by atoms with Gasteiger partial charge in [0.05, 0.1) is 11.4 Å². The van der Waals surface area contributed by atoms with Gasteiger partial charge in [0.2, 0.25) is 5.91 Å². The van der Waals surface area contributed by atoms with E-state index in [4.69, 9.17) is 11.6 Å². The predicted octanol–water partition coefficient (Wildman–Crippen LogP) is 5.99. The molecule has 1 aromatic heterocycles. The highest BCUT2D eigenvalue weighted by atomic mass is 35.5. The zero-order valence-electron chi connectivity index (χ0n) is 15.8. The van der Waals surface area contributed by atoms with Gasteiger partial charge in [-0.3, -0.25) is 14.5 Å². The Balaban J connectivity index is 1.88. The van der Waals surface area contributed by atoms with Crippen molar-refractivity contribution in [1.29, 1.82) is 0 Å². The smallest absolute Gasteiger partial charge is 0.230 e. The maximum Gasteiger partial charge on any atom is 0.230 e. The number of aromatic nitrogens is 1. The molecule has 3 aromatic rings. The van der Waals surface area contributed by atoms with E-state index in [1.54, 1.807) is 35.2 Å². The highest BCUT2D eigenvalue weighted by Crippen LogP contribution is 2.33. The Morgan fingerprint density at radius 2 is 1.79 bits per heavy atom. The average molecular weight is 411 g/mol. The lowest BCUT2D eigenvalue weighted by molar-refractivity contribution is -0.115. The summed E-state index contributed by atoms with van der Waals surface area (Å²) in [5.41, 5.74) is 3.97. The van der Waals surface area contributed by atoms with Crippen LogP contribution in [0.1, 0.15) is 34.1 Å². The maximum atomic E-state index is 12.3. The van der Waals surface area contributed by atoms with Crippen molar-refractivity contribution in [3.05, 3.63) is 81.3 Å². The molecule has 4 nitrogen and oxygen atoms in total. The molecule has 0 radical (unpaired) electrons. The standard InChI is InChI=1S/C22H19ClN2O2S/c1-14-6-4-7-15(2)21(14)25(16(3)26)22-24-19(13-28-22)10-11-20(27)17-8-5-9-18(23)12-17/h4-13H,1-3H3/b11-10+. The van der Waals surface area contributed by atoms with Crippen molar-refractivity contribution in [2.45, 2.75) is 20.8 Å².